The number of likely N-dealkylation sites (tertiary alicyclic amines) is 1. The molecule has 2 fully saturated rings. The molecule has 4 rings (SSSR count). The maximum absolute atomic E-state index is 13.1. The first kappa shape index (κ1) is 18.6. The SMILES string of the molecule is COCCn1c(C2CCCN2CC2(O)CCCC2)nc2ccccc2c1=O. The van der Waals surface area contributed by atoms with Gasteiger partial charge in [-0.15, -0.1) is 0 Å². The number of aromatic nitrogens is 2. The van der Waals surface area contributed by atoms with E-state index < -0.39 is 5.60 Å². The summed E-state index contributed by atoms with van der Waals surface area (Å²) in [5.41, 5.74) is 0.161. The van der Waals surface area contributed by atoms with E-state index >= 15 is 0 Å². The lowest BCUT2D eigenvalue weighted by atomic mass is 10.0. The molecule has 27 heavy (non-hydrogen) atoms. The van der Waals surface area contributed by atoms with E-state index in [9.17, 15) is 9.90 Å². The number of fused-ring (bicyclic) bond motifs is 1. The second-order valence-electron chi connectivity index (χ2n) is 8.00. The molecule has 0 bridgehead atoms. The van der Waals surface area contributed by atoms with Gasteiger partial charge in [0.2, 0.25) is 0 Å². The van der Waals surface area contributed by atoms with Gasteiger partial charge >= 0.3 is 0 Å². The molecule has 6 nitrogen and oxygen atoms in total. The van der Waals surface area contributed by atoms with Crippen molar-refractivity contribution in [1.82, 2.24) is 14.5 Å². The third kappa shape index (κ3) is 3.66. The number of hydrogen-bond donors (Lipinski definition) is 1. The molecule has 6 heteroatoms. The largest absolute Gasteiger partial charge is 0.389 e. The highest BCUT2D eigenvalue weighted by atomic mass is 16.5. The summed E-state index contributed by atoms with van der Waals surface area (Å²) in [6.45, 7) is 2.59. The summed E-state index contributed by atoms with van der Waals surface area (Å²) in [5.74, 6) is 0.815. The predicted molar refractivity (Wildman–Crippen MR) is 105 cm³/mol. The van der Waals surface area contributed by atoms with Crippen molar-refractivity contribution in [3.8, 4) is 0 Å². The molecule has 1 saturated heterocycles. The molecule has 2 aliphatic rings. The van der Waals surface area contributed by atoms with Crippen LogP contribution in [0.3, 0.4) is 0 Å². The number of β-amino-alcohol motifs (C(OH)–C–C–N with tert-alkyl or cyclic N) is 1. The summed E-state index contributed by atoms with van der Waals surface area (Å²) >= 11 is 0. The first-order chi connectivity index (χ1) is 13.1. The smallest absolute Gasteiger partial charge is 0.261 e. The van der Waals surface area contributed by atoms with E-state index in [0.717, 1.165) is 56.4 Å². The molecule has 0 spiro atoms. The molecule has 1 aliphatic heterocycles. The van der Waals surface area contributed by atoms with Gasteiger partial charge in [-0.2, -0.15) is 0 Å². The van der Waals surface area contributed by atoms with Crippen LogP contribution in [0.25, 0.3) is 10.9 Å². The normalized spacial score (nSPS) is 22.7. The molecule has 1 aromatic heterocycles. The summed E-state index contributed by atoms with van der Waals surface area (Å²) in [5, 5.41) is 11.6. The van der Waals surface area contributed by atoms with Crippen LogP contribution < -0.4 is 5.56 Å². The highest BCUT2D eigenvalue weighted by Gasteiger charge is 2.38. The van der Waals surface area contributed by atoms with Crippen LogP contribution in [0.2, 0.25) is 0 Å². The molecule has 0 radical (unpaired) electrons. The first-order valence-corrected chi connectivity index (χ1v) is 10.1. The number of ether oxygens (including phenoxy) is 1. The summed E-state index contributed by atoms with van der Waals surface area (Å²) < 4.78 is 7.03. The average molecular weight is 371 g/mol. The highest BCUT2D eigenvalue weighted by Crippen LogP contribution is 2.36. The Labute approximate surface area is 159 Å². The van der Waals surface area contributed by atoms with E-state index in [0.29, 0.717) is 25.1 Å². The Balaban J connectivity index is 1.73. The summed E-state index contributed by atoms with van der Waals surface area (Å²) in [6.07, 6.45) is 5.97. The molecule has 1 saturated carbocycles. The van der Waals surface area contributed by atoms with Crippen molar-refractivity contribution in [2.24, 2.45) is 0 Å². The Hall–Kier alpha value is -1.76. The molecule has 2 aromatic rings. The lowest BCUT2D eigenvalue weighted by Gasteiger charge is -2.33. The van der Waals surface area contributed by atoms with Gasteiger partial charge in [0, 0.05) is 13.7 Å². The van der Waals surface area contributed by atoms with Crippen LogP contribution in [0.5, 0.6) is 0 Å². The summed E-state index contributed by atoms with van der Waals surface area (Å²) in [4.78, 5) is 20.4. The lowest BCUT2D eigenvalue weighted by molar-refractivity contribution is 0.00409. The van der Waals surface area contributed by atoms with Gasteiger partial charge in [0.1, 0.15) is 5.82 Å². The molecule has 1 atom stereocenters. The van der Waals surface area contributed by atoms with Crippen molar-refractivity contribution in [1.29, 1.82) is 0 Å². The minimum Gasteiger partial charge on any atom is -0.389 e. The lowest BCUT2D eigenvalue weighted by Crippen LogP contribution is -2.42. The van der Waals surface area contributed by atoms with Crippen LogP contribution in [0.1, 0.15) is 50.4 Å². The fourth-order valence-electron chi connectivity index (χ4n) is 4.72. The number of hydrogen-bond acceptors (Lipinski definition) is 5. The quantitative estimate of drug-likeness (QED) is 0.845. The number of para-hydroxylation sites is 1. The zero-order valence-corrected chi connectivity index (χ0v) is 16.1. The Kier molecular flexibility index (Phi) is 5.30. The molecule has 1 N–H and O–H groups in total. The van der Waals surface area contributed by atoms with Gasteiger partial charge < -0.3 is 9.84 Å². The van der Waals surface area contributed by atoms with Gasteiger partial charge in [0.15, 0.2) is 0 Å². The van der Waals surface area contributed by atoms with Crippen molar-refractivity contribution in [2.45, 2.75) is 56.7 Å². The molecular formula is C21H29N3O3. The van der Waals surface area contributed by atoms with Gasteiger partial charge in [-0.1, -0.05) is 25.0 Å². The zero-order valence-electron chi connectivity index (χ0n) is 16.1. The molecule has 1 aromatic carbocycles. The number of benzene rings is 1. The van der Waals surface area contributed by atoms with Gasteiger partial charge in [0.25, 0.3) is 5.56 Å². The van der Waals surface area contributed by atoms with E-state index in [2.05, 4.69) is 4.90 Å². The standard InChI is InChI=1S/C21H29N3O3/c1-27-14-13-24-19(22-17-8-3-2-7-16(17)20(24)25)18-9-6-12-23(18)15-21(26)10-4-5-11-21/h2-3,7-8,18,26H,4-6,9-15H2,1H3. The van der Waals surface area contributed by atoms with E-state index in [1.165, 1.54) is 0 Å². The van der Waals surface area contributed by atoms with E-state index in [4.69, 9.17) is 9.72 Å². The molecule has 146 valence electrons. The zero-order chi connectivity index (χ0) is 18.9. The Morgan fingerprint density at radius 3 is 2.81 bits per heavy atom. The molecule has 0 amide bonds. The van der Waals surface area contributed by atoms with Crippen LogP contribution in [0.15, 0.2) is 29.1 Å². The van der Waals surface area contributed by atoms with Crippen molar-refractivity contribution >= 4 is 10.9 Å². The average Bonchev–Trinajstić information content (AvgIpc) is 3.30. The van der Waals surface area contributed by atoms with Crippen LogP contribution >= 0.6 is 0 Å². The molecule has 1 unspecified atom stereocenters. The Bertz CT molecular complexity index is 857. The number of nitrogens with zero attached hydrogens (tertiary/aromatic N) is 3. The van der Waals surface area contributed by atoms with Crippen LogP contribution in [0, 0.1) is 0 Å². The predicted octanol–water partition coefficient (Wildman–Crippen LogP) is 2.48. The fraction of sp³-hybridized carbons (Fsp3) is 0.619. The third-order valence-electron chi connectivity index (χ3n) is 6.10. The fourth-order valence-corrected chi connectivity index (χ4v) is 4.72. The van der Waals surface area contributed by atoms with Gasteiger partial charge in [-0.05, 0) is 44.4 Å². The molecule has 2 heterocycles. The van der Waals surface area contributed by atoms with Crippen LogP contribution in [0.4, 0.5) is 0 Å². The van der Waals surface area contributed by atoms with Gasteiger partial charge in [-0.3, -0.25) is 14.3 Å². The van der Waals surface area contributed by atoms with E-state index in [-0.39, 0.29) is 11.6 Å². The topological polar surface area (TPSA) is 67.6 Å². The van der Waals surface area contributed by atoms with Gasteiger partial charge in [0.05, 0.1) is 35.7 Å². The minimum atomic E-state index is -0.586. The van der Waals surface area contributed by atoms with Crippen molar-refractivity contribution in [3.63, 3.8) is 0 Å². The van der Waals surface area contributed by atoms with Crippen LogP contribution in [-0.4, -0.2) is 52.0 Å². The Morgan fingerprint density at radius 1 is 1.26 bits per heavy atom. The minimum absolute atomic E-state index is 0.000854. The van der Waals surface area contributed by atoms with Crippen molar-refractivity contribution < 1.29 is 9.84 Å². The summed E-state index contributed by atoms with van der Waals surface area (Å²) in [7, 11) is 1.65. The second-order valence-corrected chi connectivity index (χ2v) is 8.00. The summed E-state index contributed by atoms with van der Waals surface area (Å²) in [6, 6.07) is 7.62. The van der Waals surface area contributed by atoms with Crippen LogP contribution in [-0.2, 0) is 11.3 Å². The second kappa shape index (κ2) is 7.70. The van der Waals surface area contributed by atoms with Gasteiger partial charge in [-0.25, -0.2) is 4.98 Å². The van der Waals surface area contributed by atoms with E-state index in [1.54, 1.807) is 11.7 Å². The van der Waals surface area contributed by atoms with E-state index in [1.807, 2.05) is 24.3 Å². The third-order valence-corrected chi connectivity index (χ3v) is 6.10. The monoisotopic (exact) mass is 371 g/mol. The number of rotatable bonds is 6. The number of aliphatic hydroxyl groups is 1. The van der Waals surface area contributed by atoms with Crippen molar-refractivity contribution in [2.75, 3.05) is 26.8 Å². The maximum atomic E-state index is 13.1. The molecular weight excluding hydrogens is 342 g/mol. The first-order valence-electron chi connectivity index (χ1n) is 10.1. The number of methoxy groups -OCH3 is 1. The highest BCUT2D eigenvalue weighted by molar-refractivity contribution is 5.77. The van der Waals surface area contributed by atoms with Crippen molar-refractivity contribution in [3.05, 3.63) is 40.4 Å². The Morgan fingerprint density at radius 2 is 2.04 bits per heavy atom. The molecule has 1 aliphatic carbocycles. The maximum Gasteiger partial charge on any atom is 0.261 e.